The number of benzene rings is 1. The summed E-state index contributed by atoms with van der Waals surface area (Å²) in [5.74, 6) is 0. The molecule has 0 saturated carbocycles. The fourth-order valence-corrected chi connectivity index (χ4v) is 2.99. The fourth-order valence-electron chi connectivity index (χ4n) is 1.38. The summed E-state index contributed by atoms with van der Waals surface area (Å²) in [7, 11) is -2.24. The number of likely N-dealkylation sites (N-methyl/N-ethyl adjacent to an activating group) is 1. The lowest BCUT2D eigenvalue weighted by molar-refractivity contribution is 0.266. The van der Waals surface area contributed by atoms with Crippen LogP contribution in [-0.2, 0) is 10.0 Å². The number of nitrogens with two attached hydrogens (primary N) is 1. The first-order chi connectivity index (χ1) is 7.80. The molecule has 0 bridgehead atoms. The van der Waals surface area contributed by atoms with Gasteiger partial charge in [0.15, 0.2) is 0 Å². The van der Waals surface area contributed by atoms with Crippen molar-refractivity contribution in [1.82, 2.24) is 4.31 Å². The summed E-state index contributed by atoms with van der Waals surface area (Å²) < 4.78 is 25.3. The van der Waals surface area contributed by atoms with Crippen LogP contribution >= 0.6 is 11.6 Å². The molecule has 0 saturated heterocycles. The van der Waals surface area contributed by atoms with E-state index in [1.165, 1.54) is 19.2 Å². The van der Waals surface area contributed by atoms with Crippen LogP contribution in [0.1, 0.15) is 5.56 Å². The largest absolute Gasteiger partial charge is 0.397 e. The lowest BCUT2D eigenvalue weighted by atomic mass is 10.2. The van der Waals surface area contributed by atoms with Crippen LogP contribution in [0.2, 0.25) is 5.02 Å². The van der Waals surface area contributed by atoms with Crippen molar-refractivity contribution in [1.29, 1.82) is 0 Å². The summed E-state index contributed by atoms with van der Waals surface area (Å²) >= 11 is 5.80. The van der Waals surface area contributed by atoms with Crippen LogP contribution in [-0.4, -0.2) is 38.0 Å². The minimum Gasteiger partial charge on any atom is -0.397 e. The number of aryl methyl sites for hydroxylation is 1. The van der Waals surface area contributed by atoms with Crippen LogP contribution in [0.15, 0.2) is 17.0 Å². The Labute approximate surface area is 106 Å². The van der Waals surface area contributed by atoms with Gasteiger partial charge in [-0.2, -0.15) is 4.31 Å². The first kappa shape index (κ1) is 14.2. The van der Waals surface area contributed by atoms with Crippen LogP contribution in [0.4, 0.5) is 5.69 Å². The zero-order chi connectivity index (χ0) is 13.2. The number of nitrogens with zero attached hydrogens (tertiary/aromatic N) is 1. The van der Waals surface area contributed by atoms with E-state index in [-0.39, 0.29) is 23.7 Å². The molecule has 0 spiro atoms. The number of sulfonamides is 1. The molecular weight excluding hydrogens is 264 g/mol. The number of hydrogen-bond donors (Lipinski definition) is 2. The molecule has 0 amide bonds. The maximum atomic E-state index is 12.1. The van der Waals surface area contributed by atoms with Gasteiger partial charge in [-0.3, -0.25) is 0 Å². The predicted molar refractivity (Wildman–Crippen MR) is 67.5 cm³/mol. The number of nitrogen functional groups attached to an aromatic ring is 1. The lowest BCUT2D eigenvalue weighted by Gasteiger charge is -2.18. The van der Waals surface area contributed by atoms with Gasteiger partial charge in [-0.15, -0.1) is 0 Å². The Kier molecular flexibility index (Phi) is 4.37. The summed E-state index contributed by atoms with van der Waals surface area (Å²) in [6.45, 7) is 1.44. The molecule has 1 aromatic rings. The van der Waals surface area contributed by atoms with Gasteiger partial charge in [-0.05, 0) is 24.6 Å². The van der Waals surface area contributed by atoms with Crippen molar-refractivity contribution < 1.29 is 13.5 Å². The Hall–Kier alpha value is -0.820. The van der Waals surface area contributed by atoms with Crippen molar-refractivity contribution in [2.45, 2.75) is 11.8 Å². The molecule has 0 unspecified atom stereocenters. The lowest BCUT2D eigenvalue weighted by Crippen LogP contribution is -2.30. The van der Waals surface area contributed by atoms with Crippen molar-refractivity contribution in [2.75, 3.05) is 25.9 Å². The van der Waals surface area contributed by atoms with E-state index < -0.39 is 10.0 Å². The minimum absolute atomic E-state index is 0.0320. The van der Waals surface area contributed by atoms with Crippen molar-refractivity contribution >= 4 is 27.3 Å². The predicted octanol–water partition coefficient (Wildman–Crippen LogP) is 0.843. The molecule has 7 heteroatoms. The van der Waals surface area contributed by atoms with E-state index in [0.29, 0.717) is 10.6 Å². The number of halogens is 1. The first-order valence-electron chi connectivity index (χ1n) is 4.93. The summed E-state index contributed by atoms with van der Waals surface area (Å²) in [4.78, 5) is 0.107. The molecule has 3 N–H and O–H groups in total. The molecule has 0 aliphatic carbocycles. The highest BCUT2D eigenvalue weighted by molar-refractivity contribution is 7.89. The van der Waals surface area contributed by atoms with Gasteiger partial charge in [0.1, 0.15) is 0 Å². The second-order valence-corrected chi connectivity index (χ2v) is 6.11. The van der Waals surface area contributed by atoms with E-state index in [9.17, 15) is 8.42 Å². The number of rotatable bonds is 4. The van der Waals surface area contributed by atoms with Gasteiger partial charge in [-0.25, -0.2) is 8.42 Å². The zero-order valence-corrected chi connectivity index (χ0v) is 11.2. The molecule has 0 fully saturated rings. The van der Waals surface area contributed by atoms with Crippen molar-refractivity contribution in [2.24, 2.45) is 0 Å². The topological polar surface area (TPSA) is 83.6 Å². The van der Waals surface area contributed by atoms with Crippen LogP contribution in [0, 0.1) is 6.92 Å². The van der Waals surface area contributed by atoms with E-state index in [0.717, 1.165) is 4.31 Å². The van der Waals surface area contributed by atoms with Gasteiger partial charge in [0.05, 0.1) is 22.2 Å². The van der Waals surface area contributed by atoms with Gasteiger partial charge in [-0.1, -0.05) is 11.6 Å². The minimum atomic E-state index is -3.64. The molecule has 0 aliphatic rings. The van der Waals surface area contributed by atoms with E-state index in [4.69, 9.17) is 22.4 Å². The molecule has 0 aromatic heterocycles. The molecule has 0 heterocycles. The van der Waals surface area contributed by atoms with Gasteiger partial charge in [0, 0.05) is 13.6 Å². The Balaban J connectivity index is 3.29. The summed E-state index contributed by atoms with van der Waals surface area (Å²) in [6.07, 6.45) is 0. The highest BCUT2D eigenvalue weighted by atomic mass is 35.5. The monoisotopic (exact) mass is 278 g/mol. The highest BCUT2D eigenvalue weighted by Gasteiger charge is 2.23. The SMILES string of the molecule is Cc1cc(Cl)c(N)cc1S(=O)(=O)N(C)CCO. The fraction of sp³-hybridized carbons (Fsp3) is 0.400. The molecule has 1 aromatic carbocycles. The molecule has 0 atom stereocenters. The summed E-state index contributed by atoms with van der Waals surface area (Å²) in [6, 6.07) is 2.84. The maximum absolute atomic E-state index is 12.1. The van der Waals surface area contributed by atoms with Crippen molar-refractivity contribution in [3.8, 4) is 0 Å². The van der Waals surface area contributed by atoms with Gasteiger partial charge < -0.3 is 10.8 Å². The van der Waals surface area contributed by atoms with E-state index in [2.05, 4.69) is 0 Å². The van der Waals surface area contributed by atoms with E-state index in [1.807, 2.05) is 0 Å². The Morgan fingerprint density at radius 1 is 1.47 bits per heavy atom. The Bertz CT molecular complexity index is 517. The standard InChI is InChI=1S/C10H15ClN2O3S/c1-7-5-8(11)9(12)6-10(7)17(15,16)13(2)3-4-14/h5-6,14H,3-4,12H2,1-2H3. The smallest absolute Gasteiger partial charge is 0.243 e. The third kappa shape index (κ3) is 2.90. The average molecular weight is 279 g/mol. The zero-order valence-electron chi connectivity index (χ0n) is 9.64. The summed E-state index contributed by atoms with van der Waals surface area (Å²) in [5.41, 5.74) is 6.33. The molecule has 17 heavy (non-hydrogen) atoms. The molecule has 1 rings (SSSR count). The quantitative estimate of drug-likeness (QED) is 0.800. The Morgan fingerprint density at radius 2 is 2.06 bits per heavy atom. The number of aliphatic hydroxyl groups excluding tert-OH is 1. The highest BCUT2D eigenvalue weighted by Crippen LogP contribution is 2.27. The van der Waals surface area contributed by atoms with Gasteiger partial charge in [0.2, 0.25) is 10.0 Å². The normalized spacial score (nSPS) is 12.1. The maximum Gasteiger partial charge on any atom is 0.243 e. The second kappa shape index (κ2) is 5.22. The molecule has 5 nitrogen and oxygen atoms in total. The van der Waals surface area contributed by atoms with Crippen molar-refractivity contribution in [3.63, 3.8) is 0 Å². The third-order valence-corrected chi connectivity index (χ3v) is 4.72. The molecule has 0 aliphatic heterocycles. The van der Waals surface area contributed by atoms with Crippen LogP contribution in [0.3, 0.4) is 0 Å². The molecular formula is C10H15ClN2O3S. The van der Waals surface area contributed by atoms with E-state index >= 15 is 0 Å². The number of hydrogen-bond acceptors (Lipinski definition) is 4. The first-order valence-corrected chi connectivity index (χ1v) is 6.75. The van der Waals surface area contributed by atoms with E-state index in [1.54, 1.807) is 6.92 Å². The molecule has 96 valence electrons. The van der Waals surface area contributed by atoms with Crippen molar-refractivity contribution in [3.05, 3.63) is 22.7 Å². The van der Waals surface area contributed by atoms with Gasteiger partial charge >= 0.3 is 0 Å². The van der Waals surface area contributed by atoms with Crippen LogP contribution in [0.25, 0.3) is 0 Å². The van der Waals surface area contributed by atoms with Crippen LogP contribution in [0.5, 0.6) is 0 Å². The molecule has 0 radical (unpaired) electrons. The average Bonchev–Trinajstić information content (AvgIpc) is 2.23. The summed E-state index contributed by atoms with van der Waals surface area (Å²) in [5, 5.41) is 9.09. The van der Waals surface area contributed by atoms with Gasteiger partial charge in [0.25, 0.3) is 0 Å². The number of aliphatic hydroxyl groups is 1. The third-order valence-electron chi connectivity index (χ3n) is 2.40. The van der Waals surface area contributed by atoms with Crippen LogP contribution < -0.4 is 5.73 Å². The second-order valence-electron chi connectivity index (χ2n) is 3.69. The Morgan fingerprint density at radius 3 is 2.59 bits per heavy atom. The number of anilines is 1.